The van der Waals surface area contributed by atoms with Crippen LogP contribution in [-0.4, -0.2) is 49.6 Å². The van der Waals surface area contributed by atoms with E-state index in [1.54, 1.807) is 11.0 Å². The summed E-state index contributed by atoms with van der Waals surface area (Å²) in [4.78, 5) is 28.7. The van der Waals surface area contributed by atoms with E-state index in [0.717, 1.165) is 12.8 Å². The lowest BCUT2D eigenvalue weighted by atomic mass is 10.0. The van der Waals surface area contributed by atoms with Crippen LogP contribution in [0.15, 0.2) is 30.9 Å². The van der Waals surface area contributed by atoms with Crippen molar-refractivity contribution in [3.05, 3.63) is 46.5 Å². The molecule has 1 saturated heterocycles. The van der Waals surface area contributed by atoms with Gasteiger partial charge in [-0.3, -0.25) is 14.9 Å². The van der Waals surface area contributed by atoms with Gasteiger partial charge in [-0.25, -0.2) is 9.67 Å². The number of nitro groups is 1. The molecule has 0 bridgehead atoms. The maximum absolute atomic E-state index is 12.5. The van der Waals surface area contributed by atoms with Gasteiger partial charge >= 0.3 is 0 Å². The number of amides is 1. The molecule has 1 aliphatic rings. The number of piperidine rings is 1. The van der Waals surface area contributed by atoms with E-state index < -0.39 is 4.92 Å². The van der Waals surface area contributed by atoms with Crippen molar-refractivity contribution in [2.24, 2.45) is 5.73 Å². The Morgan fingerprint density at radius 1 is 1.43 bits per heavy atom. The van der Waals surface area contributed by atoms with E-state index >= 15 is 0 Å². The third-order valence-corrected chi connectivity index (χ3v) is 3.83. The van der Waals surface area contributed by atoms with Crippen LogP contribution in [0.4, 0.5) is 5.69 Å². The summed E-state index contributed by atoms with van der Waals surface area (Å²) in [6.07, 6.45) is 4.38. The van der Waals surface area contributed by atoms with Crippen molar-refractivity contribution in [3.63, 3.8) is 0 Å². The zero-order valence-electron chi connectivity index (χ0n) is 12.3. The monoisotopic (exact) mass is 316 g/mol. The van der Waals surface area contributed by atoms with Crippen LogP contribution in [0.25, 0.3) is 5.69 Å². The number of carbonyl (C=O) groups is 1. The summed E-state index contributed by atoms with van der Waals surface area (Å²) in [5, 5.41) is 15.2. The van der Waals surface area contributed by atoms with Gasteiger partial charge in [-0.2, -0.15) is 5.10 Å². The van der Waals surface area contributed by atoms with Gasteiger partial charge in [0.05, 0.1) is 4.92 Å². The van der Waals surface area contributed by atoms with Crippen molar-refractivity contribution in [2.75, 3.05) is 13.1 Å². The minimum Gasteiger partial charge on any atom is -0.337 e. The van der Waals surface area contributed by atoms with Crippen molar-refractivity contribution in [3.8, 4) is 5.69 Å². The fourth-order valence-corrected chi connectivity index (χ4v) is 2.71. The van der Waals surface area contributed by atoms with Gasteiger partial charge < -0.3 is 10.6 Å². The third-order valence-electron chi connectivity index (χ3n) is 3.83. The lowest BCUT2D eigenvalue weighted by Gasteiger charge is -2.30. The largest absolute Gasteiger partial charge is 0.337 e. The van der Waals surface area contributed by atoms with E-state index in [-0.39, 0.29) is 28.9 Å². The molecule has 9 nitrogen and oxygen atoms in total. The van der Waals surface area contributed by atoms with Gasteiger partial charge in [-0.1, -0.05) is 0 Å². The van der Waals surface area contributed by atoms with Crippen LogP contribution < -0.4 is 5.73 Å². The Balaban J connectivity index is 1.93. The first-order chi connectivity index (χ1) is 11.1. The maximum Gasteiger partial charge on any atom is 0.295 e. The second-order valence-electron chi connectivity index (χ2n) is 5.45. The predicted molar refractivity (Wildman–Crippen MR) is 81.1 cm³/mol. The van der Waals surface area contributed by atoms with E-state index in [2.05, 4.69) is 10.1 Å². The molecule has 2 N–H and O–H groups in total. The quantitative estimate of drug-likeness (QED) is 0.658. The number of benzene rings is 1. The van der Waals surface area contributed by atoms with E-state index in [9.17, 15) is 14.9 Å². The Labute approximate surface area is 131 Å². The van der Waals surface area contributed by atoms with Crippen LogP contribution in [0, 0.1) is 10.1 Å². The zero-order chi connectivity index (χ0) is 16.4. The standard InChI is InChI=1S/C14H16N6O3/c15-11-2-1-5-18(7-11)14(21)10-3-4-12(13(6-10)20(22)23)19-9-16-8-17-19/h3-4,6,8-9,11H,1-2,5,7,15H2. The minimum atomic E-state index is -0.532. The summed E-state index contributed by atoms with van der Waals surface area (Å²) < 4.78 is 1.29. The highest BCUT2D eigenvalue weighted by atomic mass is 16.6. The average molecular weight is 316 g/mol. The van der Waals surface area contributed by atoms with Gasteiger partial charge in [-0.15, -0.1) is 0 Å². The SMILES string of the molecule is NC1CCCN(C(=O)c2ccc(-n3cncn3)c([N+](=O)[O-])c2)C1. The fraction of sp³-hybridized carbons (Fsp3) is 0.357. The third kappa shape index (κ3) is 3.04. The summed E-state index contributed by atoms with van der Waals surface area (Å²) >= 11 is 0. The second-order valence-corrected chi connectivity index (χ2v) is 5.45. The van der Waals surface area contributed by atoms with Crippen LogP contribution in [-0.2, 0) is 0 Å². The Hall–Kier alpha value is -2.81. The van der Waals surface area contributed by atoms with Crippen molar-refractivity contribution < 1.29 is 9.72 Å². The van der Waals surface area contributed by atoms with Crippen LogP contribution >= 0.6 is 0 Å². The molecule has 0 aliphatic carbocycles. The molecule has 1 unspecified atom stereocenters. The zero-order valence-corrected chi connectivity index (χ0v) is 12.3. The van der Waals surface area contributed by atoms with Crippen LogP contribution in [0.5, 0.6) is 0 Å². The van der Waals surface area contributed by atoms with Gasteiger partial charge in [-0.05, 0) is 25.0 Å². The number of likely N-dealkylation sites (tertiary alicyclic amines) is 1. The molecule has 1 aliphatic heterocycles. The molecule has 0 radical (unpaired) electrons. The number of carbonyl (C=O) groups excluding carboxylic acids is 1. The molecule has 2 heterocycles. The number of nitrogens with zero attached hydrogens (tertiary/aromatic N) is 5. The van der Waals surface area contributed by atoms with Gasteiger partial charge in [0.2, 0.25) is 0 Å². The van der Waals surface area contributed by atoms with E-state index in [1.165, 1.54) is 29.5 Å². The molecule has 1 aromatic heterocycles. The number of aromatic nitrogens is 3. The lowest BCUT2D eigenvalue weighted by Crippen LogP contribution is -2.45. The van der Waals surface area contributed by atoms with Crippen molar-refractivity contribution >= 4 is 11.6 Å². The number of rotatable bonds is 3. The smallest absolute Gasteiger partial charge is 0.295 e. The first kappa shape index (κ1) is 15.1. The molecule has 2 aromatic rings. The number of nitro benzene ring substituents is 1. The number of hydrogen-bond donors (Lipinski definition) is 1. The Morgan fingerprint density at radius 3 is 2.91 bits per heavy atom. The van der Waals surface area contributed by atoms with Crippen molar-refractivity contribution in [1.82, 2.24) is 19.7 Å². The predicted octanol–water partition coefficient (Wildman–Crippen LogP) is 0.739. The number of hydrogen-bond acceptors (Lipinski definition) is 6. The van der Waals surface area contributed by atoms with Gasteiger partial charge in [0.25, 0.3) is 11.6 Å². The summed E-state index contributed by atoms with van der Waals surface area (Å²) in [6, 6.07) is 4.30. The second kappa shape index (κ2) is 6.13. The Morgan fingerprint density at radius 2 is 2.26 bits per heavy atom. The molecule has 1 fully saturated rings. The first-order valence-electron chi connectivity index (χ1n) is 7.24. The van der Waals surface area contributed by atoms with Gasteiger partial charge in [0.1, 0.15) is 18.3 Å². The topological polar surface area (TPSA) is 120 Å². The molecule has 9 heteroatoms. The average Bonchev–Trinajstić information content (AvgIpc) is 3.08. The van der Waals surface area contributed by atoms with E-state index in [4.69, 9.17) is 5.73 Å². The molecule has 0 spiro atoms. The van der Waals surface area contributed by atoms with Crippen molar-refractivity contribution in [2.45, 2.75) is 18.9 Å². The maximum atomic E-state index is 12.5. The lowest BCUT2D eigenvalue weighted by molar-refractivity contribution is -0.384. The molecule has 1 amide bonds. The molecule has 1 aromatic carbocycles. The Kier molecular flexibility index (Phi) is 4.02. The molecular weight excluding hydrogens is 300 g/mol. The molecule has 3 rings (SSSR count). The molecule has 0 saturated carbocycles. The molecular formula is C14H16N6O3. The van der Waals surface area contributed by atoms with Gasteiger partial charge in [0.15, 0.2) is 0 Å². The summed E-state index contributed by atoms with van der Waals surface area (Å²) in [5.74, 6) is -0.242. The molecule has 23 heavy (non-hydrogen) atoms. The highest BCUT2D eigenvalue weighted by Gasteiger charge is 2.25. The Bertz CT molecular complexity index is 730. The minimum absolute atomic E-state index is 0.0443. The molecule has 120 valence electrons. The van der Waals surface area contributed by atoms with E-state index in [0.29, 0.717) is 13.1 Å². The fourth-order valence-electron chi connectivity index (χ4n) is 2.71. The summed E-state index contributed by atoms with van der Waals surface area (Å²) in [6.45, 7) is 1.09. The van der Waals surface area contributed by atoms with Gasteiger partial charge in [0, 0.05) is 30.8 Å². The number of nitrogens with two attached hydrogens (primary N) is 1. The summed E-state index contributed by atoms with van der Waals surface area (Å²) in [7, 11) is 0. The highest BCUT2D eigenvalue weighted by molar-refractivity contribution is 5.95. The summed E-state index contributed by atoms with van der Waals surface area (Å²) in [5.41, 5.74) is 6.23. The first-order valence-corrected chi connectivity index (χ1v) is 7.24. The molecule has 1 atom stereocenters. The van der Waals surface area contributed by atoms with Crippen LogP contribution in [0.2, 0.25) is 0 Å². The van der Waals surface area contributed by atoms with Crippen molar-refractivity contribution in [1.29, 1.82) is 0 Å². The van der Waals surface area contributed by atoms with E-state index in [1.807, 2.05) is 0 Å². The van der Waals surface area contributed by atoms with Crippen LogP contribution in [0.1, 0.15) is 23.2 Å². The normalized spacial score (nSPS) is 18.0. The highest BCUT2D eigenvalue weighted by Crippen LogP contribution is 2.24. The van der Waals surface area contributed by atoms with Crippen LogP contribution in [0.3, 0.4) is 0 Å².